The number of aryl methyl sites for hydroxylation is 1. The van der Waals surface area contributed by atoms with Crippen molar-refractivity contribution in [2.24, 2.45) is 0 Å². The average molecular weight is 351 g/mol. The van der Waals surface area contributed by atoms with Crippen LogP contribution < -0.4 is 4.72 Å². The summed E-state index contributed by atoms with van der Waals surface area (Å²) in [4.78, 5) is 4.13. The summed E-state index contributed by atoms with van der Waals surface area (Å²) in [6.07, 6.45) is 1.06. The van der Waals surface area contributed by atoms with E-state index in [0.29, 0.717) is 11.4 Å². The van der Waals surface area contributed by atoms with Crippen LogP contribution in [-0.4, -0.2) is 32.4 Å². The van der Waals surface area contributed by atoms with Crippen molar-refractivity contribution < 1.29 is 8.42 Å². The molecular weight excluding hydrogens is 328 g/mol. The molecule has 23 heavy (non-hydrogen) atoms. The molecule has 0 saturated carbocycles. The van der Waals surface area contributed by atoms with Crippen LogP contribution in [0.4, 0.5) is 0 Å². The second-order valence-corrected chi connectivity index (χ2v) is 8.87. The van der Waals surface area contributed by atoms with Gasteiger partial charge in [0.2, 0.25) is 10.0 Å². The predicted molar refractivity (Wildman–Crippen MR) is 94.3 cm³/mol. The molecule has 0 spiro atoms. The molecule has 4 nitrogen and oxygen atoms in total. The lowest BCUT2D eigenvalue weighted by Crippen LogP contribution is -2.44. The first-order valence-electron chi connectivity index (χ1n) is 7.81. The lowest BCUT2D eigenvalue weighted by molar-refractivity contribution is 0.193. The van der Waals surface area contributed by atoms with Crippen LogP contribution >= 0.6 is 11.3 Å². The van der Waals surface area contributed by atoms with Gasteiger partial charge in [0.1, 0.15) is 0 Å². The smallest absolute Gasteiger partial charge is 0.240 e. The fourth-order valence-corrected chi connectivity index (χ4v) is 4.82. The van der Waals surface area contributed by atoms with Gasteiger partial charge in [-0.1, -0.05) is 17.7 Å². The zero-order valence-electron chi connectivity index (χ0n) is 13.5. The lowest BCUT2D eigenvalue weighted by Gasteiger charge is -2.32. The van der Waals surface area contributed by atoms with Crippen LogP contribution in [0.15, 0.2) is 40.6 Å². The Morgan fingerprint density at radius 3 is 2.74 bits per heavy atom. The van der Waals surface area contributed by atoms with Crippen LogP contribution in [-0.2, 0) is 23.0 Å². The molecular formula is C17H22N2O2S2. The van der Waals surface area contributed by atoms with Gasteiger partial charge in [0.05, 0.1) is 4.90 Å². The van der Waals surface area contributed by atoms with Crippen LogP contribution in [0, 0.1) is 6.92 Å². The summed E-state index contributed by atoms with van der Waals surface area (Å²) in [5, 5.41) is 2.14. The Bertz CT molecular complexity index is 766. The summed E-state index contributed by atoms with van der Waals surface area (Å²) in [6.45, 7) is 6.35. The van der Waals surface area contributed by atoms with E-state index in [1.165, 1.54) is 10.4 Å². The average Bonchev–Trinajstić information content (AvgIpc) is 3.00. The predicted octanol–water partition coefficient (Wildman–Crippen LogP) is 2.78. The van der Waals surface area contributed by atoms with Gasteiger partial charge >= 0.3 is 0 Å². The molecule has 3 rings (SSSR count). The second kappa shape index (κ2) is 6.73. The van der Waals surface area contributed by atoms with E-state index in [2.05, 4.69) is 28.0 Å². The Labute approximate surface area is 142 Å². The van der Waals surface area contributed by atoms with Crippen LogP contribution in [0.3, 0.4) is 0 Å². The number of benzene rings is 1. The summed E-state index contributed by atoms with van der Waals surface area (Å²) >= 11 is 1.82. The van der Waals surface area contributed by atoms with Gasteiger partial charge in [0.25, 0.3) is 0 Å². The van der Waals surface area contributed by atoms with Crippen LogP contribution in [0.2, 0.25) is 0 Å². The summed E-state index contributed by atoms with van der Waals surface area (Å²) in [6, 6.07) is 9.29. The van der Waals surface area contributed by atoms with Gasteiger partial charge in [-0.3, -0.25) is 4.90 Å². The Morgan fingerprint density at radius 2 is 2.00 bits per heavy atom. The third-order valence-electron chi connectivity index (χ3n) is 4.36. The van der Waals surface area contributed by atoms with Gasteiger partial charge in [-0.2, -0.15) is 0 Å². The largest absolute Gasteiger partial charge is 0.295 e. The normalized spacial score (nSPS) is 17.0. The second-order valence-electron chi connectivity index (χ2n) is 6.10. The minimum absolute atomic E-state index is 0.170. The molecule has 0 amide bonds. The minimum atomic E-state index is -3.44. The van der Waals surface area contributed by atoms with Crippen molar-refractivity contribution in [2.75, 3.05) is 13.1 Å². The number of hydrogen-bond acceptors (Lipinski definition) is 4. The molecule has 1 aromatic heterocycles. The zero-order chi connectivity index (χ0) is 16.4. The van der Waals surface area contributed by atoms with E-state index >= 15 is 0 Å². The third kappa shape index (κ3) is 3.83. The van der Waals surface area contributed by atoms with E-state index < -0.39 is 10.0 Å². The number of sulfonamides is 1. The molecule has 0 saturated heterocycles. The van der Waals surface area contributed by atoms with Crippen molar-refractivity contribution in [3.05, 3.63) is 51.7 Å². The molecule has 1 aliphatic heterocycles. The third-order valence-corrected chi connectivity index (χ3v) is 6.82. The van der Waals surface area contributed by atoms with E-state index in [1.807, 2.05) is 30.4 Å². The van der Waals surface area contributed by atoms with E-state index in [0.717, 1.165) is 25.1 Å². The molecule has 0 bridgehead atoms. The fraction of sp³-hybridized carbons (Fsp3) is 0.412. The standard InChI is InChI=1S/C17H22N2O2S2/c1-13-3-5-16(6-4-13)23(20,21)18-11-14(2)19-9-7-17-15(12-19)8-10-22-17/h3-6,8,10,14,18H,7,9,11-12H2,1-2H3. The topological polar surface area (TPSA) is 49.4 Å². The van der Waals surface area contributed by atoms with Gasteiger partial charge < -0.3 is 0 Å². The molecule has 1 aliphatic rings. The number of hydrogen-bond donors (Lipinski definition) is 1. The first kappa shape index (κ1) is 16.6. The molecule has 2 heterocycles. The van der Waals surface area contributed by atoms with Gasteiger partial charge in [0, 0.05) is 30.6 Å². The monoisotopic (exact) mass is 350 g/mol. The minimum Gasteiger partial charge on any atom is -0.295 e. The highest BCUT2D eigenvalue weighted by atomic mass is 32.2. The molecule has 2 aromatic rings. The molecule has 1 unspecified atom stereocenters. The number of nitrogens with one attached hydrogen (secondary N) is 1. The van der Waals surface area contributed by atoms with E-state index in [4.69, 9.17) is 0 Å². The molecule has 6 heteroatoms. The molecule has 124 valence electrons. The highest BCUT2D eigenvalue weighted by Crippen LogP contribution is 2.25. The zero-order valence-corrected chi connectivity index (χ0v) is 15.1. The van der Waals surface area contributed by atoms with Crippen LogP contribution in [0.1, 0.15) is 22.9 Å². The molecule has 0 fully saturated rings. The maximum atomic E-state index is 12.4. The molecule has 0 aliphatic carbocycles. The summed E-state index contributed by atoms with van der Waals surface area (Å²) in [5.74, 6) is 0. The first-order valence-corrected chi connectivity index (χ1v) is 10.2. The maximum Gasteiger partial charge on any atom is 0.240 e. The molecule has 0 radical (unpaired) electrons. The van der Waals surface area contributed by atoms with E-state index in [9.17, 15) is 8.42 Å². The van der Waals surface area contributed by atoms with E-state index in [1.54, 1.807) is 12.1 Å². The van der Waals surface area contributed by atoms with Crippen molar-refractivity contribution in [2.45, 2.75) is 37.8 Å². The highest BCUT2D eigenvalue weighted by molar-refractivity contribution is 7.89. The Kier molecular flexibility index (Phi) is 4.87. The van der Waals surface area contributed by atoms with Crippen molar-refractivity contribution in [3.63, 3.8) is 0 Å². The SMILES string of the molecule is Cc1ccc(S(=O)(=O)NCC(C)N2CCc3sccc3C2)cc1. The highest BCUT2D eigenvalue weighted by Gasteiger charge is 2.23. The molecule has 1 aromatic carbocycles. The first-order chi connectivity index (χ1) is 11.0. The Balaban J connectivity index is 1.60. The number of thiophene rings is 1. The summed E-state index contributed by atoms with van der Waals surface area (Å²) in [5.41, 5.74) is 2.44. The van der Waals surface area contributed by atoms with E-state index in [-0.39, 0.29) is 6.04 Å². The van der Waals surface area contributed by atoms with Crippen molar-refractivity contribution in [3.8, 4) is 0 Å². The summed E-state index contributed by atoms with van der Waals surface area (Å²) < 4.78 is 27.5. The van der Waals surface area contributed by atoms with Crippen LogP contribution in [0.5, 0.6) is 0 Å². The van der Waals surface area contributed by atoms with Gasteiger partial charge in [0.15, 0.2) is 0 Å². The van der Waals surface area contributed by atoms with Crippen molar-refractivity contribution >= 4 is 21.4 Å². The van der Waals surface area contributed by atoms with Gasteiger partial charge in [-0.25, -0.2) is 13.1 Å². The quantitative estimate of drug-likeness (QED) is 0.902. The Hall–Kier alpha value is -1.21. The lowest BCUT2D eigenvalue weighted by atomic mass is 10.1. The number of rotatable bonds is 5. The molecule has 1 atom stereocenters. The number of fused-ring (bicyclic) bond motifs is 1. The maximum absolute atomic E-state index is 12.4. The summed E-state index contributed by atoms with van der Waals surface area (Å²) in [7, 11) is -3.44. The van der Waals surface area contributed by atoms with Gasteiger partial charge in [-0.15, -0.1) is 11.3 Å². The number of nitrogens with zero attached hydrogens (tertiary/aromatic N) is 1. The Morgan fingerprint density at radius 1 is 1.26 bits per heavy atom. The van der Waals surface area contributed by atoms with Gasteiger partial charge in [-0.05, 0) is 49.4 Å². The fourth-order valence-electron chi connectivity index (χ4n) is 2.81. The van der Waals surface area contributed by atoms with Crippen molar-refractivity contribution in [1.29, 1.82) is 0 Å². The van der Waals surface area contributed by atoms with Crippen molar-refractivity contribution in [1.82, 2.24) is 9.62 Å². The molecule has 1 N–H and O–H groups in total. The van der Waals surface area contributed by atoms with Crippen LogP contribution in [0.25, 0.3) is 0 Å².